The van der Waals surface area contributed by atoms with Crippen LogP contribution in [0.15, 0.2) is 65.6 Å². The molecule has 7 heteroatoms. The van der Waals surface area contributed by atoms with Crippen LogP contribution in [-0.4, -0.2) is 38.8 Å². The fraction of sp³-hybridized carbons (Fsp3) is 0.320. The molecule has 0 aliphatic carbocycles. The molecule has 0 spiro atoms. The standard InChI is InChI=1S/C25H28N2O4S/c1-18-12-13-23(31-2)24(15-18)32(29,30)27-14-6-10-21(17-27)25(28)26-16-20-9-5-8-19-7-3-4-11-22(19)20/h3-5,7-9,11-13,15,21H,6,10,14,16-17H2,1-2H3,(H,26,28)/t21-/m0/s1. The number of piperidine rings is 1. The van der Waals surface area contributed by atoms with Crippen LogP contribution in [-0.2, 0) is 21.4 Å². The normalized spacial score (nSPS) is 17.2. The molecule has 1 N–H and O–H groups in total. The van der Waals surface area contributed by atoms with Gasteiger partial charge in [0, 0.05) is 19.6 Å². The van der Waals surface area contributed by atoms with Crippen LogP contribution in [0.5, 0.6) is 5.75 Å². The highest BCUT2D eigenvalue weighted by Crippen LogP contribution is 2.30. The van der Waals surface area contributed by atoms with Gasteiger partial charge in [0.1, 0.15) is 10.6 Å². The largest absolute Gasteiger partial charge is 0.495 e. The van der Waals surface area contributed by atoms with Crippen molar-refractivity contribution >= 4 is 26.7 Å². The molecule has 1 aliphatic heterocycles. The number of aryl methyl sites for hydroxylation is 1. The Kier molecular flexibility index (Phi) is 6.48. The van der Waals surface area contributed by atoms with Gasteiger partial charge in [-0.25, -0.2) is 8.42 Å². The molecule has 1 fully saturated rings. The summed E-state index contributed by atoms with van der Waals surface area (Å²) < 4.78 is 33.4. The van der Waals surface area contributed by atoms with E-state index in [4.69, 9.17) is 4.74 Å². The number of sulfonamides is 1. The molecule has 6 nitrogen and oxygen atoms in total. The lowest BCUT2D eigenvalue weighted by Gasteiger charge is -2.31. The Balaban J connectivity index is 1.48. The van der Waals surface area contributed by atoms with E-state index >= 15 is 0 Å². The molecule has 0 bridgehead atoms. The minimum Gasteiger partial charge on any atom is -0.495 e. The summed E-state index contributed by atoms with van der Waals surface area (Å²) in [5.74, 6) is -0.184. The Morgan fingerprint density at radius 2 is 1.91 bits per heavy atom. The van der Waals surface area contributed by atoms with Gasteiger partial charge >= 0.3 is 0 Å². The summed E-state index contributed by atoms with van der Waals surface area (Å²) >= 11 is 0. The second-order valence-electron chi connectivity index (χ2n) is 8.21. The number of fused-ring (bicyclic) bond motifs is 1. The predicted molar refractivity (Wildman–Crippen MR) is 125 cm³/mol. The minimum atomic E-state index is -3.76. The van der Waals surface area contributed by atoms with Crippen LogP contribution in [0.25, 0.3) is 10.8 Å². The fourth-order valence-corrected chi connectivity index (χ4v) is 6.04. The summed E-state index contributed by atoms with van der Waals surface area (Å²) in [5.41, 5.74) is 1.88. The van der Waals surface area contributed by atoms with Gasteiger partial charge in [-0.15, -0.1) is 0 Å². The molecular weight excluding hydrogens is 424 g/mol. The number of benzene rings is 3. The van der Waals surface area contributed by atoms with Gasteiger partial charge in [0.25, 0.3) is 0 Å². The van der Waals surface area contributed by atoms with Gasteiger partial charge in [-0.2, -0.15) is 4.31 Å². The maximum atomic E-state index is 13.3. The van der Waals surface area contributed by atoms with Crippen LogP contribution < -0.4 is 10.1 Å². The molecule has 0 radical (unpaired) electrons. The van der Waals surface area contributed by atoms with Crippen molar-refractivity contribution in [1.29, 1.82) is 0 Å². The highest BCUT2D eigenvalue weighted by atomic mass is 32.2. The highest BCUT2D eigenvalue weighted by molar-refractivity contribution is 7.89. The molecule has 1 atom stereocenters. The number of carbonyl (C=O) groups is 1. The fourth-order valence-electron chi connectivity index (χ4n) is 4.27. The van der Waals surface area contributed by atoms with E-state index in [0.717, 1.165) is 21.9 Å². The summed E-state index contributed by atoms with van der Waals surface area (Å²) in [6.45, 7) is 2.82. The van der Waals surface area contributed by atoms with Gasteiger partial charge < -0.3 is 10.1 Å². The van der Waals surface area contributed by atoms with Crippen LogP contribution in [0.1, 0.15) is 24.0 Å². The first-order valence-electron chi connectivity index (χ1n) is 10.8. The average molecular weight is 453 g/mol. The van der Waals surface area contributed by atoms with Gasteiger partial charge in [0.15, 0.2) is 0 Å². The van der Waals surface area contributed by atoms with Gasteiger partial charge in [0.2, 0.25) is 15.9 Å². The van der Waals surface area contributed by atoms with E-state index in [1.54, 1.807) is 12.1 Å². The van der Waals surface area contributed by atoms with E-state index < -0.39 is 10.0 Å². The zero-order valence-electron chi connectivity index (χ0n) is 18.4. The Bertz CT molecular complexity index is 1230. The van der Waals surface area contributed by atoms with Gasteiger partial charge in [0.05, 0.1) is 13.0 Å². The third-order valence-corrected chi connectivity index (χ3v) is 7.91. The van der Waals surface area contributed by atoms with E-state index in [1.807, 2.05) is 55.5 Å². The van der Waals surface area contributed by atoms with Gasteiger partial charge in [-0.1, -0.05) is 48.5 Å². The van der Waals surface area contributed by atoms with Crippen molar-refractivity contribution in [3.8, 4) is 5.75 Å². The van der Waals surface area contributed by atoms with Crippen molar-refractivity contribution < 1.29 is 17.9 Å². The molecule has 0 aromatic heterocycles. The van der Waals surface area contributed by atoms with E-state index in [-0.39, 0.29) is 23.3 Å². The molecule has 1 heterocycles. The number of nitrogens with zero attached hydrogens (tertiary/aromatic N) is 1. The summed E-state index contributed by atoms with van der Waals surface area (Å²) in [4.78, 5) is 13.1. The number of rotatable bonds is 6. The highest BCUT2D eigenvalue weighted by Gasteiger charge is 2.34. The van der Waals surface area contributed by atoms with Crippen molar-refractivity contribution in [3.05, 3.63) is 71.8 Å². The Morgan fingerprint density at radius 1 is 1.12 bits per heavy atom. The third-order valence-electron chi connectivity index (χ3n) is 6.02. The lowest BCUT2D eigenvalue weighted by atomic mass is 9.98. The minimum absolute atomic E-state index is 0.117. The number of amides is 1. The molecule has 3 aromatic carbocycles. The zero-order valence-corrected chi connectivity index (χ0v) is 19.2. The number of hydrogen-bond donors (Lipinski definition) is 1. The number of hydrogen-bond acceptors (Lipinski definition) is 4. The first-order chi connectivity index (χ1) is 15.4. The molecular formula is C25H28N2O4S. The lowest BCUT2D eigenvalue weighted by Crippen LogP contribution is -2.45. The topological polar surface area (TPSA) is 75.7 Å². The van der Waals surface area contributed by atoms with E-state index in [1.165, 1.54) is 11.4 Å². The van der Waals surface area contributed by atoms with Crippen LogP contribution in [0, 0.1) is 12.8 Å². The first-order valence-corrected chi connectivity index (χ1v) is 12.2. The first kappa shape index (κ1) is 22.3. The number of nitrogens with one attached hydrogen (secondary N) is 1. The van der Waals surface area contributed by atoms with Crippen molar-refractivity contribution in [2.45, 2.75) is 31.2 Å². The molecule has 32 heavy (non-hydrogen) atoms. The monoisotopic (exact) mass is 452 g/mol. The number of carbonyl (C=O) groups excluding carboxylic acids is 1. The molecule has 3 aromatic rings. The van der Waals surface area contributed by atoms with E-state index in [0.29, 0.717) is 31.7 Å². The quantitative estimate of drug-likeness (QED) is 0.616. The van der Waals surface area contributed by atoms with Crippen LogP contribution in [0.3, 0.4) is 0 Å². The molecule has 168 valence electrons. The van der Waals surface area contributed by atoms with E-state index in [9.17, 15) is 13.2 Å². The van der Waals surface area contributed by atoms with Crippen LogP contribution >= 0.6 is 0 Å². The van der Waals surface area contributed by atoms with E-state index in [2.05, 4.69) is 5.32 Å². The van der Waals surface area contributed by atoms with Gasteiger partial charge in [-0.05, 0) is 53.8 Å². The number of ether oxygens (including phenoxy) is 1. The van der Waals surface area contributed by atoms with Crippen molar-refractivity contribution in [2.24, 2.45) is 5.92 Å². The van der Waals surface area contributed by atoms with Crippen LogP contribution in [0.4, 0.5) is 0 Å². The Morgan fingerprint density at radius 3 is 2.72 bits per heavy atom. The van der Waals surface area contributed by atoms with Crippen LogP contribution in [0.2, 0.25) is 0 Å². The summed E-state index contributed by atoms with van der Waals surface area (Å²) in [7, 11) is -2.30. The molecule has 0 saturated carbocycles. The maximum Gasteiger partial charge on any atom is 0.246 e. The summed E-state index contributed by atoms with van der Waals surface area (Å²) in [6, 6.07) is 19.2. The molecule has 0 unspecified atom stereocenters. The van der Waals surface area contributed by atoms with Crippen molar-refractivity contribution in [1.82, 2.24) is 9.62 Å². The average Bonchev–Trinajstić information content (AvgIpc) is 2.82. The van der Waals surface area contributed by atoms with Crippen molar-refractivity contribution in [2.75, 3.05) is 20.2 Å². The molecule has 4 rings (SSSR count). The molecule has 1 saturated heterocycles. The van der Waals surface area contributed by atoms with Crippen molar-refractivity contribution in [3.63, 3.8) is 0 Å². The lowest BCUT2D eigenvalue weighted by molar-refractivity contribution is -0.126. The molecule has 1 aliphatic rings. The smallest absolute Gasteiger partial charge is 0.246 e. The Labute approximate surface area is 189 Å². The summed E-state index contributed by atoms with van der Waals surface area (Å²) in [6.07, 6.45) is 1.30. The summed E-state index contributed by atoms with van der Waals surface area (Å²) in [5, 5.41) is 5.25. The maximum absolute atomic E-state index is 13.3. The predicted octanol–water partition coefficient (Wildman–Crippen LogP) is 3.87. The second kappa shape index (κ2) is 9.30. The SMILES string of the molecule is COc1ccc(C)cc1S(=O)(=O)N1CCC[C@H](C(=O)NCc2cccc3ccccc23)C1. The number of methoxy groups -OCH3 is 1. The van der Waals surface area contributed by atoms with Gasteiger partial charge in [-0.3, -0.25) is 4.79 Å². The third kappa shape index (κ3) is 4.49. The second-order valence-corrected chi connectivity index (χ2v) is 10.1. The molecule has 1 amide bonds. The zero-order chi connectivity index (χ0) is 22.7. The Hall–Kier alpha value is -2.90.